The molecular formula is C11H13N3O2. The summed E-state index contributed by atoms with van der Waals surface area (Å²) in [4.78, 5) is 4.09. The van der Waals surface area contributed by atoms with E-state index in [9.17, 15) is 5.21 Å². The Morgan fingerprint density at radius 3 is 2.69 bits per heavy atom. The monoisotopic (exact) mass is 219 g/mol. The van der Waals surface area contributed by atoms with E-state index < -0.39 is 0 Å². The lowest BCUT2D eigenvalue weighted by molar-refractivity contribution is -0.605. The quantitative estimate of drug-likeness (QED) is 0.570. The fourth-order valence-electron chi connectivity index (χ4n) is 1.42. The molecule has 0 saturated carbocycles. The van der Waals surface area contributed by atoms with E-state index in [0.717, 1.165) is 10.3 Å². The lowest BCUT2D eigenvalue weighted by Crippen LogP contribution is -2.26. The van der Waals surface area contributed by atoms with Crippen LogP contribution in [0.15, 0.2) is 23.0 Å². The highest BCUT2D eigenvalue weighted by Gasteiger charge is 2.13. The zero-order valence-corrected chi connectivity index (χ0v) is 9.47. The third kappa shape index (κ3) is 2.03. The highest BCUT2D eigenvalue weighted by molar-refractivity contribution is 5.51. The van der Waals surface area contributed by atoms with Crippen LogP contribution in [0.25, 0.3) is 11.5 Å². The first-order valence-corrected chi connectivity index (χ1v) is 5.10. The summed E-state index contributed by atoms with van der Waals surface area (Å²) in [5.74, 6) is 1.22. The minimum atomic E-state index is 0.282. The Labute approximate surface area is 93.3 Å². The van der Waals surface area contributed by atoms with E-state index in [-0.39, 0.29) is 5.92 Å². The van der Waals surface area contributed by atoms with Gasteiger partial charge < -0.3 is 9.73 Å². The third-order valence-electron chi connectivity index (χ3n) is 2.31. The van der Waals surface area contributed by atoms with Crippen molar-refractivity contribution in [3.05, 3.63) is 35.1 Å². The van der Waals surface area contributed by atoms with E-state index in [4.69, 9.17) is 4.52 Å². The van der Waals surface area contributed by atoms with Gasteiger partial charge in [0.2, 0.25) is 0 Å². The first-order chi connectivity index (χ1) is 7.56. The van der Waals surface area contributed by atoms with Gasteiger partial charge in [0.1, 0.15) is 5.56 Å². The fourth-order valence-corrected chi connectivity index (χ4v) is 1.42. The van der Waals surface area contributed by atoms with Crippen LogP contribution >= 0.6 is 0 Å². The molecule has 0 aliphatic carbocycles. The number of aromatic nitrogens is 3. The van der Waals surface area contributed by atoms with Crippen molar-refractivity contribution in [2.24, 2.45) is 0 Å². The molecule has 16 heavy (non-hydrogen) atoms. The molecule has 2 aromatic rings. The van der Waals surface area contributed by atoms with Crippen LogP contribution in [-0.2, 0) is 0 Å². The Morgan fingerprint density at radius 2 is 2.12 bits per heavy atom. The van der Waals surface area contributed by atoms with Crippen molar-refractivity contribution in [2.75, 3.05) is 0 Å². The molecule has 2 rings (SSSR count). The van der Waals surface area contributed by atoms with Gasteiger partial charge >= 0.3 is 0 Å². The Morgan fingerprint density at radius 1 is 1.38 bits per heavy atom. The second kappa shape index (κ2) is 3.92. The summed E-state index contributed by atoms with van der Waals surface area (Å²) in [7, 11) is 0. The summed E-state index contributed by atoms with van der Waals surface area (Å²) in [6, 6.07) is 1.89. The van der Waals surface area contributed by atoms with Crippen molar-refractivity contribution in [2.45, 2.75) is 26.7 Å². The molecule has 0 spiro atoms. The molecule has 5 nitrogen and oxygen atoms in total. The number of nitrogens with zero attached hydrogens (tertiary/aromatic N) is 3. The van der Waals surface area contributed by atoms with Crippen LogP contribution in [0.5, 0.6) is 0 Å². The maximum absolute atomic E-state index is 11.4. The van der Waals surface area contributed by atoms with Crippen LogP contribution in [0, 0.1) is 12.1 Å². The lowest BCUT2D eigenvalue weighted by atomic mass is 10.0. The van der Waals surface area contributed by atoms with Gasteiger partial charge in [0.15, 0.2) is 18.2 Å². The third-order valence-corrected chi connectivity index (χ3v) is 2.31. The molecule has 0 unspecified atom stereocenters. The fraction of sp³-hybridized carbons (Fsp3) is 0.364. The van der Waals surface area contributed by atoms with Crippen LogP contribution in [0.2, 0.25) is 0 Å². The van der Waals surface area contributed by atoms with E-state index >= 15 is 0 Å². The average Bonchev–Trinajstić information content (AvgIpc) is 2.64. The minimum absolute atomic E-state index is 0.282. The molecule has 0 N–H and O–H groups in total. The molecule has 0 bridgehead atoms. The van der Waals surface area contributed by atoms with Crippen molar-refractivity contribution in [3.63, 3.8) is 0 Å². The lowest BCUT2D eigenvalue weighted by Gasteiger charge is -2.05. The molecule has 2 aromatic heterocycles. The molecular weight excluding hydrogens is 206 g/mol. The summed E-state index contributed by atoms with van der Waals surface area (Å²) < 4.78 is 5.79. The van der Waals surface area contributed by atoms with Crippen molar-refractivity contribution in [3.8, 4) is 11.5 Å². The van der Waals surface area contributed by atoms with Gasteiger partial charge in [-0.05, 0) is 18.9 Å². The molecule has 0 aliphatic rings. The van der Waals surface area contributed by atoms with Crippen LogP contribution < -0.4 is 4.73 Å². The molecule has 0 fully saturated rings. The van der Waals surface area contributed by atoms with Crippen LogP contribution in [0.1, 0.15) is 31.2 Å². The van der Waals surface area contributed by atoms with Gasteiger partial charge in [-0.15, -0.1) is 0 Å². The molecule has 84 valence electrons. The average molecular weight is 219 g/mol. The zero-order chi connectivity index (χ0) is 11.7. The zero-order valence-electron chi connectivity index (χ0n) is 9.47. The number of rotatable bonds is 2. The van der Waals surface area contributed by atoms with Crippen LogP contribution in [0.4, 0.5) is 0 Å². The van der Waals surface area contributed by atoms with Crippen molar-refractivity contribution in [1.29, 1.82) is 0 Å². The maximum atomic E-state index is 11.4. The number of hydrogen-bond acceptors (Lipinski definition) is 4. The molecule has 5 heteroatoms. The van der Waals surface area contributed by atoms with E-state index in [1.807, 2.05) is 19.9 Å². The Kier molecular flexibility index (Phi) is 2.60. The van der Waals surface area contributed by atoms with Gasteiger partial charge in [-0.3, -0.25) is 0 Å². The SMILES string of the molecule is Cc1noc(-c2cc(C(C)C)c[n+]([O-])c2)n1. The Hall–Kier alpha value is -1.91. The summed E-state index contributed by atoms with van der Waals surface area (Å²) >= 11 is 0. The molecule has 0 amide bonds. The van der Waals surface area contributed by atoms with Crippen molar-refractivity contribution in [1.82, 2.24) is 10.1 Å². The summed E-state index contributed by atoms with van der Waals surface area (Å²) in [6.45, 7) is 5.79. The van der Waals surface area contributed by atoms with E-state index in [2.05, 4.69) is 10.1 Å². The predicted molar refractivity (Wildman–Crippen MR) is 57.5 cm³/mol. The van der Waals surface area contributed by atoms with Gasteiger partial charge in [-0.2, -0.15) is 9.71 Å². The molecule has 0 atom stereocenters. The highest BCUT2D eigenvalue weighted by Crippen LogP contribution is 2.20. The Bertz CT molecular complexity index is 506. The topological polar surface area (TPSA) is 65.9 Å². The van der Waals surface area contributed by atoms with Gasteiger partial charge in [-0.1, -0.05) is 19.0 Å². The number of pyridine rings is 1. The first-order valence-electron chi connectivity index (χ1n) is 5.10. The Balaban J connectivity index is 2.49. The molecule has 0 saturated heterocycles. The summed E-state index contributed by atoms with van der Waals surface area (Å²) in [5.41, 5.74) is 1.60. The first kappa shape index (κ1) is 10.6. The van der Waals surface area contributed by atoms with Gasteiger partial charge in [0, 0.05) is 5.56 Å². The molecule has 0 aromatic carbocycles. The summed E-state index contributed by atoms with van der Waals surface area (Å²) in [6.07, 6.45) is 2.98. The molecule has 0 radical (unpaired) electrons. The van der Waals surface area contributed by atoms with Crippen molar-refractivity contribution < 1.29 is 9.25 Å². The van der Waals surface area contributed by atoms with Gasteiger partial charge in [0.25, 0.3) is 5.89 Å². The molecule has 2 heterocycles. The van der Waals surface area contributed by atoms with Gasteiger partial charge in [-0.25, -0.2) is 0 Å². The van der Waals surface area contributed by atoms with E-state index in [0.29, 0.717) is 17.3 Å². The molecule has 0 aliphatic heterocycles. The van der Waals surface area contributed by atoms with E-state index in [1.165, 1.54) is 6.20 Å². The predicted octanol–water partition coefficient (Wildman–Crippen LogP) is 1.80. The van der Waals surface area contributed by atoms with Crippen LogP contribution in [0.3, 0.4) is 0 Å². The number of hydrogen-bond donors (Lipinski definition) is 0. The second-order valence-corrected chi connectivity index (χ2v) is 4.02. The largest absolute Gasteiger partial charge is 0.619 e. The van der Waals surface area contributed by atoms with Gasteiger partial charge in [0.05, 0.1) is 0 Å². The minimum Gasteiger partial charge on any atom is -0.619 e. The highest BCUT2D eigenvalue weighted by atomic mass is 16.5. The standard InChI is InChI=1S/C11H13N3O2/c1-7(2)9-4-10(6-14(15)5-9)11-12-8(3)13-16-11/h4-7H,1-3H3. The van der Waals surface area contributed by atoms with E-state index in [1.54, 1.807) is 13.1 Å². The normalized spacial score (nSPS) is 11.0. The smallest absolute Gasteiger partial charge is 0.264 e. The second-order valence-electron chi connectivity index (χ2n) is 4.02. The van der Waals surface area contributed by atoms with Crippen LogP contribution in [-0.4, -0.2) is 10.1 Å². The maximum Gasteiger partial charge on any atom is 0.264 e. The number of aryl methyl sites for hydroxylation is 1. The van der Waals surface area contributed by atoms with Crippen molar-refractivity contribution >= 4 is 0 Å². The summed E-state index contributed by atoms with van der Waals surface area (Å²) in [5, 5.41) is 15.1.